The largest absolute Gasteiger partial charge is 0.352 e. The maximum Gasteiger partial charge on any atom is 0.223 e. The molecule has 0 spiro atoms. The van der Waals surface area contributed by atoms with Crippen LogP contribution in [0.1, 0.15) is 24.0 Å². The molecule has 3 aromatic rings. The Labute approximate surface area is 198 Å². The third kappa shape index (κ3) is 5.44. The van der Waals surface area contributed by atoms with E-state index < -0.39 is 10.0 Å². The first-order valence-electron chi connectivity index (χ1n) is 10.5. The highest BCUT2D eigenvalue weighted by atomic mass is 35.5. The smallest absolute Gasteiger partial charge is 0.223 e. The van der Waals surface area contributed by atoms with Crippen LogP contribution in [0.5, 0.6) is 0 Å². The topological polar surface area (TPSA) is 66.5 Å². The van der Waals surface area contributed by atoms with Crippen molar-refractivity contribution in [1.82, 2.24) is 9.62 Å². The fourth-order valence-electron chi connectivity index (χ4n) is 4.01. The second-order valence-electron chi connectivity index (χ2n) is 8.08. The lowest BCUT2D eigenvalue weighted by molar-refractivity contribution is -0.126. The van der Waals surface area contributed by atoms with Crippen LogP contribution in [0.4, 0.5) is 0 Å². The number of nitrogens with zero attached hydrogens (tertiary/aromatic N) is 1. The number of amides is 1. The summed E-state index contributed by atoms with van der Waals surface area (Å²) in [6.45, 7) is 1.12. The molecule has 0 radical (unpaired) electrons. The number of nitrogens with one attached hydrogen (secondary N) is 1. The van der Waals surface area contributed by atoms with Crippen LogP contribution in [0, 0.1) is 5.92 Å². The lowest BCUT2D eigenvalue weighted by atomic mass is 9.97. The van der Waals surface area contributed by atoms with Crippen molar-refractivity contribution in [3.8, 4) is 0 Å². The Balaban J connectivity index is 1.30. The van der Waals surface area contributed by atoms with Gasteiger partial charge in [0.15, 0.2) is 0 Å². The Morgan fingerprint density at radius 3 is 2.31 bits per heavy atom. The van der Waals surface area contributed by atoms with Gasteiger partial charge >= 0.3 is 0 Å². The number of carbonyl (C=O) groups excluding carboxylic acids is 1. The van der Waals surface area contributed by atoms with Crippen molar-refractivity contribution in [3.05, 3.63) is 81.8 Å². The zero-order chi connectivity index (χ0) is 22.7. The van der Waals surface area contributed by atoms with Gasteiger partial charge in [0, 0.05) is 25.6 Å². The van der Waals surface area contributed by atoms with Crippen LogP contribution in [0.2, 0.25) is 10.0 Å². The Kier molecular flexibility index (Phi) is 7.05. The Morgan fingerprint density at radius 1 is 0.906 bits per heavy atom. The van der Waals surface area contributed by atoms with E-state index in [4.69, 9.17) is 23.2 Å². The molecule has 0 atom stereocenters. The molecule has 168 valence electrons. The fraction of sp³-hybridized carbons (Fsp3) is 0.292. The standard InChI is InChI=1S/C24H24Cl2N2O3S/c25-22-8-6-18(14-23(22)26)16-32(30,31)28-11-9-20(10-12-28)24(29)27-15-17-5-7-19-3-1-2-4-21(19)13-17/h1-8,13-14,20H,9-12,15-16H2,(H,27,29). The van der Waals surface area contributed by atoms with E-state index in [1.807, 2.05) is 24.3 Å². The molecule has 1 heterocycles. The minimum Gasteiger partial charge on any atom is -0.352 e. The van der Waals surface area contributed by atoms with Crippen molar-refractivity contribution < 1.29 is 13.2 Å². The monoisotopic (exact) mass is 490 g/mol. The molecule has 0 saturated carbocycles. The van der Waals surface area contributed by atoms with Gasteiger partial charge < -0.3 is 5.32 Å². The molecule has 5 nitrogen and oxygen atoms in total. The molecule has 8 heteroatoms. The summed E-state index contributed by atoms with van der Waals surface area (Å²) < 4.78 is 27.1. The number of hydrogen-bond acceptors (Lipinski definition) is 3. The molecule has 1 fully saturated rings. The van der Waals surface area contributed by atoms with Gasteiger partial charge in [-0.1, -0.05) is 65.7 Å². The van der Waals surface area contributed by atoms with Gasteiger partial charge in [0.25, 0.3) is 0 Å². The fourth-order valence-corrected chi connectivity index (χ4v) is 5.88. The van der Waals surface area contributed by atoms with Gasteiger partial charge in [0.1, 0.15) is 0 Å². The normalized spacial score (nSPS) is 15.7. The number of halogens is 2. The second-order valence-corrected chi connectivity index (χ2v) is 10.9. The van der Waals surface area contributed by atoms with Gasteiger partial charge in [-0.05, 0) is 52.9 Å². The lowest BCUT2D eigenvalue weighted by Crippen LogP contribution is -2.43. The molecule has 32 heavy (non-hydrogen) atoms. The molecule has 0 unspecified atom stereocenters. The molecular weight excluding hydrogens is 467 g/mol. The van der Waals surface area contributed by atoms with Gasteiger partial charge in [0.05, 0.1) is 15.8 Å². The highest BCUT2D eigenvalue weighted by molar-refractivity contribution is 7.88. The predicted molar refractivity (Wildman–Crippen MR) is 129 cm³/mol. The summed E-state index contributed by atoms with van der Waals surface area (Å²) in [5.41, 5.74) is 1.63. The number of benzene rings is 3. The Hall–Kier alpha value is -2.12. The minimum atomic E-state index is -3.49. The van der Waals surface area contributed by atoms with E-state index in [1.165, 1.54) is 4.31 Å². The van der Waals surface area contributed by atoms with Crippen molar-refractivity contribution in [1.29, 1.82) is 0 Å². The van der Waals surface area contributed by atoms with Crippen LogP contribution >= 0.6 is 23.2 Å². The number of carbonyl (C=O) groups is 1. The van der Waals surface area contributed by atoms with Crippen LogP contribution < -0.4 is 5.32 Å². The summed E-state index contributed by atoms with van der Waals surface area (Å²) in [6, 6.07) is 19.1. The summed E-state index contributed by atoms with van der Waals surface area (Å²) in [5, 5.41) is 6.03. The molecule has 4 rings (SSSR count). The summed E-state index contributed by atoms with van der Waals surface area (Å²) in [5.74, 6) is -0.352. The molecular formula is C24H24Cl2N2O3S. The molecule has 0 bridgehead atoms. The van der Waals surface area contributed by atoms with E-state index in [1.54, 1.807) is 18.2 Å². The van der Waals surface area contributed by atoms with Gasteiger partial charge in [-0.25, -0.2) is 12.7 Å². The lowest BCUT2D eigenvalue weighted by Gasteiger charge is -2.30. The highest BCUT2D eigenvalue weighted by Crippen LogP contribution is 2.26. The van der Waals surface area contributed by atoms with Crippen LogP contribution in [0.15, 0.2) is 60.7 Å². The summed E-state index contributed by atoms with van der Waals surface area (Å²) in [7, 11) is -3.49. The van der Waals surface area contributed by atoms with Crippen LogP contribution in [0.3, 0.4) is 0 Å². The Bertz CT molecular complexity index is 1240. The summed E-state index contributed by atoms with van der Waals surface area (Å²) in [6.07, 6.45) is 1.01. The maximum atomic E-state index is 12.8. The van der Waals surface area contributed by atoms with Crippen molar-refractivity contribution in [2.45, 2.75) is 25.1 Å². The van der Waals surface area contributed by atoms with Crippen LogP contribution in [0.25, 0.3) is 10.8 Å². The van der Waals surface area contributed by atoms with E-state index in [0.717, 1.165) is 16.3 Å². The quantitative estimate of drug-likeness (QED) is 0.528. The van der Waals surface area contributed by atoms with Gasteiger partial charge in [-0.15, -0.1) is 0 Å². The van der Waals surface area contributed by atoms with E-state index in [-0.39, 0.29) is 17.6 Å². The molecule has 1 saturated heterocycles. The first kappa shape index (κ1) is 23.1. The maximum absolute atomic E-state index is 12.8. The van der Waals surface area contributed by atoms with E-state index in [9.17, 15) is 13.2 Å². The zero-order valence-corrected chi connectivity index (χ0v) is 19.8. The number of rotatable bonds is 6. The summed E-state index contributed by atoms with van der Waals surface area (Å²) in [4.78, 5) is 12.6. The van der Waals surface area contributed by atoms with Crippen LogP contribution in [-0.4, -0.2) is 31.7 Å². The van der Waals surface area contributed by atoms with E-state index >= 15 is 0 Å². The third-order valence-corrected chi connectivity index (χ3v) is 8.42. The number of hydrogen-bond donors (Lipinski definition) is 1. The van der Waals surface area contributed by atoms with Crippen molar-refractivity contribution in [2.75, 3.05) is 13.1 Å². The molecule has 1 aliphatic rings. The van der Waals surface area contributed by atoms with Crippen molar-refractivity contribution >= 4 is 49.9 Å². The summed E-state index contributed by atoms with van der Waals surface area (Å²) >= 11 is 11.9. The van der Waals surface area contributed by atoms with Gasteiger partial charge in [0.2, 0.25) is 15.9 Å². The third-order valence-electron chi connectivity index (χ3n) is 5.83. The molecule has 0 aromatic heterocycles. The average molecular weight is 491 g/mol. The number of piperidine rings is 1. The second kappa shape index (κ2) is 9.79. The first-order chi connectivity index (χ1) is 15.3. The molecule has 1 N–H and O–H groups in total. The minimum absolute atomic E-state index is 0.0281. The molecule has 3 aromatic carbocycles. The van der Waals surface area contributed by atoms with Crippen molar-refractivity contribution in [2.24, 2.45) is 5.92 Å². The van der Waals surface area contributed by atoms with E-state index in [2.05, 4.69) is 23.5 Å². The zero-order valence-electron chi connectivity index (χ0n) is 17.4. The highest BCUT2D eigenvalue weighted by Gasteiger charge is 2.31. The van der Waals surface area contributed by atoms with E-state index in [0.29, 0.717) is 48.1 Å². The van der Waals surface area contributed by atoms with Crippen LogP contribution in [-0.2, 0) is 27.1 Å². The first-order valence-corrected chi connectivity index (χ1v) is 12.9. The molecule has 1 aliphatic heterocycles. The molecule has 1 amide bonds. The average Bonchev–Trinajstić information content (AvgIpc) is 2.79. The van der Waals surface area contributed by atoms with Crippen molar-refractivity contribution in [3.63, 3.8) is 0 Å². The molecule has 0 aliphatic carbocycles. The SMILES string of the molecule is O=C(NCc1ccc2ccccc2c1)C1CCN(S(=O)(=O)Cc2ccc(Cl)c(Cl)c2)CC1. The predicted octanol–water partition coefficient (Wildman–Crippen LogP) is 5.00. The van der Waals surface area contributed by atoms with Gasteiger partial charge in [-0.2, -0.15) is 0 Å². The Morgan fingerprint density at radius 2 is 1.59 bits per heavy atom. The number of fused-ring (bicyclic) bond motifs is 1. The van der Waals surface area contributed by atoms with Gasteiger partial charge in [-0.3, -0.25) is 4.79 Å². The number of sulfonamides is 1.